The van der Waals surface area contributed by atoms with Gasteiger partial charge in [-0.3, -0.25) is 18.2 Å². The normalized spacial score (nSPS) is 17.9. The average molecular weight is 573 g/mol. The molecule has 5 rings (SSSR count). The highest BCUT2D eigenvalue weighted by atomic mass is 35.5. The molecule has 0 fully saturated rings. The number of nitrogens with zero attached hydrogens (tertiary/aromatic N) is 4. The molecule has 0 amide bonds. The molecular weight excluding hydrogens is 545 g/mol. The van der Waals surface area contributed by atoms with E-state index < -0.39 is 12.0 Å². The maximum absolute atomic E-state index is 13.2. The summed E-state index contributed by atoms with van der Waals surface area (Å²) in [6.07, 6.45) is 14.0. The van der Waals surface area contributed by atoms with E-state index in [9.17, 15) is 18.0 Å². The third-order valence-corrected chi connectivity index (χ3v) is 7.41. The van der Waals surface area contributed by atoms with Gasteiger partial charge in [0.15, 0.2) is 5.16 Å². The molecule has 204 valence electrons. The minimum absolute atomic E-state index is 0.0445. The Hall–Kier alpha value is -3.56. The van der Waals surface area contributed by atoms with Crippen molar-refractivity contribution in [3.8, 4) is 0 Å². The summed E-state index contributed by atoms with van der Waals surface area (Å²) in [5.74, 6) is 0.139. The van der Waals surface area contributed by atoms with Crippen LogP contribution in [-0.2, 0) is 0 Å². The molecular formula is C29H28ClF3N4OS. The minimum atomic E-state index is -2.77. The molecule has 1 aromatic carbocycles. The Balaban J connectivity index is 0.00000100. The van der Waals surface area contributed by atoms with Crippen molar-refractivity contribution in [3.05, 3.63) is 118 Å². The first-order valence-electron chi connectivity index (χ1n) is 12.1. The lowest BCUT2D eigenvalue weighted by Crippen LogP contribution is -2.21. The summed E-state index contributed by atoms with van der Waals surface area (Å²) >= 11 is 7.59. The van der Waals surface area contributed by atoms with Crippen LogP contribution in [0.25, 0.3) is 16.9 Å². The first-order chi connectivity index (χ1) is 19.0. The van der Waals surface area contributed by atoms with Gasteiger partial charge in [0.05, 0.1) is 17.9 Å². The molecule has 0 aliphatic heterocycles. The summed E-state index contributed by atoms with van der Waals surface area (Å²) < 4.78 is 38.0. The SMILES string of the molecule is C=C/C=C(\C(Cl)=C\C(F)F)n1ccn2c(SC3c4ccccc4C4=CC=CC=CC43)nnc2c1=O.CC.CF. The van der Waals surface area contributed by atoms with Crippen LogP contribution >= 0.6 is 23.4 Å². The van der Waals surface area contributed by atoms with Crippen LogP contribution in [0.3, 0.4) is 0 Å². The third kappa shape index (κ3) is 6.20. The number of halogens is 4. The van der Waals surface area contributed by atoms with Crippen molar-refractivity contribution < 1.29 is 13.2 Å². The Kier molecular flexibility index (Phi) is 10.8. The van der Waals surface area contributed by atoms with Gasteiger partial charge >= 0.3 is 5.56 Å². The highest BCUT2D eigenvalue weighted by Crippen LogP contribution is 2.54. The minimum Gasteiger partial charge on any atom is -0.278 e. The van der Waals surface area contributed by atoms with Crippen LogP contribution in [0.5, 0.6) is 0 Å². The van der Waals surface area contributed by atoms with Crippen LogP contribution in [0, 0.1) is 5.92 Å². The van der Waals surface area contributed by atoms with Crippen LogP contribution in [0.4, 0.5) is 13.2 Å². The molecule has 0 saturated heterocycles. The zero-order chi connectivity index (χ0) is 28.5. The number of alkyl halides is 3. The van der Waals surface area contributed by atoms with Crippen LogP contribution in [-0.4, -0.2) is 32.8 Å². The lowest BCUT2D eigenvalue weighted by Gasteiger charge is -2.16. The fourth-order valence-electron chi connectivity index (χ4n) is 4.33. The van der Waals surface area contributed by atoms with Gasteiger partial charge in [-0.25, -0.2) is 8.78 Å². The van der Waals surface area contributed by atoms with Crippen molar-refractivity contribution >= 4 is 40.3 Å². The van der Waals surface area contributed by atoms with E-state index in [1.165, 1.54) is 46.8 Å². The van der Waals surface area contributed by atoms with Gasteiger partial charge in [-0.2, -0.15) is 0 Å². The predicted octanol–water partition coefficient (Wildman–Crippen LogP) is 7.89. The third-order valence-electron chi connectivity index (χ3n) is 5.80. The van der Waals surface area contributed by atoms with Crippen molar-refractivity contribution in [2.45, 2.75) is 30.7 Å². The van der Waals surface area contributed by atoms with Crippen molar-refractivity contribution in [2.24, 2.45) is 5.92 Å². The molecule has 0 spiro atoms. The van der Waals surface area contributed by atoms with Gasteiger partial charge in [-0.1, -0.05) is 105 Å². The summed E-state index contributed by atoms with van der Waals surface area (Å²) in [7, 11) is 0.500. The Labute approximate surface area is 234 Å². The predicted molar refractivity (Wildman–Crippen MR) is 155 cm³/mol. The number of fused-ring (bicyclic) bond motifs is 4. The second-order valence-corrected chi connectivity index (χ2v) is 9.35. The van der Waals surface area contributed by atoms with Crippen LogP contribution in [0.15, 0.2) is 107 Å². The van der Waals surface area contributed by atoms with Crippen LogP contribution in [0.1, 0.15) is 30.2 Å². The standard InChI is InChI=1S/C26H19ClF2N4OS.C2H6.CH3F/c1-2-8-21(20(27)15-22(28)29)32-13-14-33-24(25(32)34)30-31-26(33)35-23-18-11-5-3-4-9-16(18)17-10-6-7-12-19(17)23;2*1-2/h2-15,18,22-23H,1H2;1-2H3;1H3/b20-15-,21-8+;;. The maximum atomic E-state index is 13.2. The van der Waals surface area contributed by atoms with E-state index in [-0.39, 0.29) is 27.5 Å². The Bertz CT molecular complexity index is 1530. The summed E-state index contributed by atoms with van der Waals surface area (Å²) in [4.78, 5) is 13.2. The van der Waals surface area contributed by atoms with Gasteiger partial charge in [0.25, 0.3) is 6.43 Å². The Morgan fingerprint density at radius 2 is 1.87 bits per heavy atom. The Morgan fingerprint density at radius 3 is 2.59 bits per heavy atom. The number of hydrogen-bond acceptors (Lipinski definition) is 4. The highest BCUT2D eigenvalue weighted by molar-refractivity contribution is 7.99. The molecule has 10 heteroatoms. The molecule has 3 aromatic rings. The second-order valence-electron chi connectivity index (χ2n) is 7.83. The summed E-state index contributed by atoms with van der Waals surface area (Å²) in [6.45, 7) is 7.58. The average Bonchev–Trinajstić information content (AvgIpc) is 3.38. The number of thioether (sulfide) groups is 1. The number of benzene rings is 1. The van der Waals surface area contributed by atoms with E-state index in [4.69, 9.17) is 11.6 Å². The monoisotopic (exact) mass is 572 g/mol. The summed E-state index contributed by atoms with van der Waals surface area (Å²) in [6, 6.07) is 8.27. The van der Waals surface area contributed by atoms with E-state index >= 15 is 0 Å². The lowest BCUT2D eigenvalue weighted by molar-refractivity contribution is 0.204. The lowest BCUT2D eigenvalue weighted by atomic mass is 10.00. The number of rotatable bonds is 6. The first-order valence-corrected chi connectivity index (χ1v) is 13.4. The number of aromatic nitrogens is 4. The van der Waals surface area contributed by atoms with E-state index in [1.807, 2.05) is 44.2 Å². The fraction of sp³-hybridized carbons (Fsp3) is 0.207. The van der Waals surface area contributed by atoms with Gasteiger partial charge in [-0.05, 0) is 22.8 Å². The molecule has 0 saturated carbocycles. The molecule has 39 heavy (non-hydrogen) atoms. The van der Waals surface area contributed by atoms with Crippen LogP contribution in [0.2, 0.25) is 0 Å². The largest absolute Gasteiger partial charge is 0.300 e. The van der Waals surface area contributed by atoms with Gasteiger partial charge in [-0.15, -0.1) is 10.2 Å². The molecule has 0 radical (unpaired) electrons. The van der Waals surface area contributed by atoms with Crippen molar-refractivity contribution in [1.29, 1.82) is 0 Å². The molecule has 2 atom stereocenters. The van der Waals surface area contributed by atoms with Gasteiger partial charge in [0.2, 0.25) is 5.65 Å². The van der Waals surface area contributed by atoms with E-state index in [1.54, 1.807) is 10.6 Å². The van der Waals surface area contributed by atoms with Crippen molar-refractivity contribution in [3.63, 3.8) is 0 Å². The number of hydrogen-bond donors (Lipinski definition) is 0. The molecule has 2 aliphatic rings. The maximum Gasteiger partial charge on any atom is 0.300 e. The van der Waals surface area contributed by atoms with Gasteiger partial charge in [0.1, 0.15) is 0 Å². The second kappa shape index (κ2) is 14.0. The zero-order valence-corrected chi connectivity index (χ0v) is 23.2. The molecule has 0 N–H and O–H groups in total. The zero-order valence-electron chi connectivity index (χ0n) is 21.6. The first kappa shape index (κ1) is 30.0. The van der Waals surface area contributed by atoms with E-state index in [0.29, 0.717) is 18.4 Å². The molecule has 2 aromatic heterocycles. The molecule has 0 bridgehead atoms. The fourth-order valence-corrected chi connectivity index (χ4v) is 5.87. The van der Waals surface area contributed by atoms with Gasteiger partial charge < -0.3 is 0 Å². The van der Waals surface area contributed by atoms with Crippen LogP contribution < -0.4 is 5.56 Å². The van der Waals surface area contributed by atoms with Crippen molar-refractivity contribution in [2.75, 3.05) is 7.18 Å². The summed E-state index contributed by atoms with van der Waals surface area (Å²) in [5.41, 5.74) is 3.22. The molecule has 2 aliphatic carbocycles. The Morgan fingerprint density at radius 1 is 1.13 bits per heavy atom. The highest BCUT2D eigenvalue weighted by Gasteiger charge is 2.36. The number of allylic oxidation sites excluding steroid dienone is 11. The topological polar surface area (TPSA) is 52.2 Å². The molecule has 2 heterocycles. The summed E-state index contributed by atoms with van der Waals surface area (Å²) in [5, 5.41) is 8.73. The van der Waals surface area contributed by atoms with E-state index in [0.717, 1.165) is 4.57 Å². The smallest absolute Gasteiger partial charge is 0.278 e. The van der Waals surface area contributed by atoms with Gasteiger partial charge in [0, 0.05) is 29.6 Å². The van der Waals surface area contributed by atoms with Crippen molar-refractivity contribution in [1.82, 2.24) is 19.2 Å². The molecule has 2 unspecified atom stereocenters. The molecule has 5 nitrogen and oxygen atoms in total. The quantitative estimate of drug-likeness (QED) is 0.282. The van der Waals surface area contributed by atoms with E-state index in [2.05, 4.69) is 41.1 Å².